The van der Waals surface area contributed by atoms with Crippen molar-refractivity contribution in [2.45, 2.75) is 43.5 Å². The zero-order valence-corrected chi connectivity index (χ0v) is 9.26. The van der Waals surface area contributed by atoms with Crippen molar-refractivity contribution in [1.29, 1.82) is 0 Å². The normalized spacial score (nSPS) is 30.4. The van der Waals surface area contributed by atoms with Crippen LogP contribution in [-0.4, -0.2) is 28.8 Å². The summed E-state index contributed by atoms with van der Waals surface area (Å²) < 4.78 is 5.49. The van der Waals surface area contributed by atoms with Crippen LogP contribution < -0.4 is 0 Å². The lowest BCUT2D eigenvalue weighted by atomic mass is 10.1. The monoisotopic (exact) mass is 214 g/mol. The van der Waals surface area contributed by atoms with Gasteiger partial charge in [-0.15, -0.1) is 0 Å². The van der Waals surface area contributed by atoms with E-state index in [2.05, 4.69) is 6.08 Å². The number of ether oxygens (including phenoxy) is 1. The summed E-state index contributed by atoms with van der Waals surface area (Å²) in [5.74, 6) is 2.02. The van der Waals surface area contributed by atoms with E-state index in [9.17, 15) is 5.11 Å². The van der Waals surface area contributed by atoms with Gasteiger partial charge in [-0.25, -0.2) is 0 Å². The number of hydrogen-bond acceptors (Lipinski definition) is 3. The van der Waals surface area contributed by atoms with Crippen LogP contribution in [0.5, 0.6) is 0 Å². The third-order valence-corrected chi connectivity index (χ3v) is 4.27. The summed E-state index contributed by atoms with van der Waals surface area (Å²) in [4.78, 5) is 0. The first kappa shape index (κ1) is 10.4. The molecule has 1 saturated heterocycles. The number of aliphatic hydroxyl groups is 1. The minimum Gasteiger partial charge on any atom is -0.495 e. The molecule has 0 aromatic heterocycles. The highest BCUT2D eigenvalue weighted by molar-refractivity contribution is 8.00. The molecule has 2 nitrogen and oxygen atoms in total. The predicted octanol–water partition coefficient (Wildman–Crippen LogP) is 2.33. The van der Waals surface area contributed by atoms with E-state index >= 15 is 0 Å². The molecular formula is C11H18O2S. The predicted molar refractivity (Wildman–Crippen MR) is 59.4 cm³/mol. The molecule has 0 saturated carbocycles. The molecule has 2 heterocycles. The maximum Gasteiger partial charge on any atom is 0.122 e. The standard InChI is InChI=1S/C11H18O2S/c12-11(9-5-1-3-7-13-9)10-6-2-4-8-14-10/h5,10-12H,1-4,6-8H2. The van der Waals surface area contributed by atoms with Crippen molar-refractivity contribution in [1.82, 2.24) is 0 Å². The van der Waals surface area contributed by atoms with Crippen LogP contribution in [-0.2, 0) is 4.74 Å². The van der Waals surface area contributed by atoms with Crippen molar-refractivity contribution in [3.05, 3.63) is 11.8 Å². The van der Waals surface area contributed by atoms with Gasteiger partial charge in [0.1, 0.15) is 11.9 Å². The highest BCUT2D eigenvalue weighted by Crippen LogP contribution is 2.31. The second-order valence-corrected chi connectivity index (χ2v) is 5.29. The number of hydrogen-bond donors (Lipinski definition) is 1. The van der Waals surface area contributed by atoms with Crippen LogP contribution in [0.25, 0.3) is 0 Å². The number of aliphatic hydroxyl groups excluding tert-OH is 1. The molecule has 0 aromatic rings. The molecule has 14 heavy (non-hydrogen) atoms. The van der Waals surface area contributed by atoms with Crippen LogP contribution in [0.2, 0.25) is 0 Å². The first-order chi connectivity index (χ1) is 6.88. The van der Waals surface area contributed by atoms with E-state index in [1.54, 1.807) is 0 Å². The Balaban J connectivity index is 1.91. The quantitative estimate of drug-likeness (QED) is 0.765. The molecule has 2 aliphatic heterocycles. The van der Waals surface area contributed by atoms with Crippen molar-refractivity contribution in [2.75, 3.05) is 12.4 Å². The summed E-state index contributed by atoms with van der Waals surface area (Å²) in [7, 11) is 0. The second kappa shape index (κ2) is 5.08. The van der Waals surface area contributed by atoms with E-state index in [-0.39, 0.29) is 6.10 Å². The Morgan fingerprint density at radius 2 is 2.36 bits per heavy atom. The van der Waals surface area contributed by atoms with E-state index in [1.165, 1.54) is 18.6 Å². The lowest BCUT2D eigenvalue weighted by Crippen LogP contribution is -2.29. The number of rotatable bonds is 2. The van der Waals surface area contributed by atoms with Gasteiger partial charge in [0.15, 0.2) is 0 Å². The van der Waals surface area contributed by atoms with Crippen molar-refractivity contribution in [3.8, 4) is 0 Å². The molecule has 2 unspecified atom stereocenters. The molecule has 0 amide bonds. The highest BCUT2D eigenvalue weighted by Gasteiger charge is 2.27. The fraction of sp³-hybridized carbons (Fsp3) is 0.818. The van der Waals surface area contributed by atoms with Crippen LogP contribution >= 0.6 is 11.8 Å². The summed E-state index contributed by atoms with van der Waals surface area (Å²) in [6, 6.07) is 0. The zero-order chi connectivity index (χ0) is 9.80. The first-order valence-electron chi connectivity index (χ1n) is 5.50. The van der Waals surface area contributed by atoms with E-state index in [1.807, 2.05) is 11.8 Å². The topological polar surface area (TPSA) is 29.5 Å². The molecular weight excluding hydrogens is 196 g/mol. The first-order valence-corrected chi connectivity index (χ1v) is 6.55. The summed E-state index contributed by atoms with van der Waals surface area (Å²) in [5.41, 5.74) is 0. The van der Waals surface area contributed by atoms with Crippen LogP contribution in [0.4, 0.5) is 0 Å². The van der Waals surface area contributed by atoms with Crippen molar-refractivity contribution in [3.63, 3.8) is 0 Å². The number of allylic oxidation sites excluding steroid dienone is 1. The lowest BCUT2D eigenvalue weighted by Gasteiger charge is -2.29. The molecule has 80 valence electrons. The van der Waals surface area contributed by atoms with Gasteiger partial charge < -0.3 is 9.84 Å². The van der Waals surface area contributed by atoms with Gasteiger partial charge in [-0.05, 0) is 37.5 Å². The van der Waals surface area contributed by atoms with Gasteiger partial charge in [-0.3, -0.25) is 0 Å². The number of thioether (sulfide) groups is 1. The minimum atomic E-state index is -0.361. The van der Waals surface area contributed by atoms with Crippen molar-refractivity contribution in [2.24, 2.45) is 0 Å². The zero-order valence-electron chi connectivity index (χ0n) is 8.45. The highest BCUT2D eigenvalue weighted by atomic mass is 32.2. The maximum atomic E-state index is 10.1. The van der Waals surface area contributed by atoms with E-state index in [0.717, 1.165) is 31.6 Å². The minimum absolute atomic E-state index is 0.361. The Morgan fingerprint density at radius 1 is 1.43 bits per heavy atom. The smallest absolute Gasteiger partial charge is 0.122 e. The summed E-state index contributed by atoms with van der Waals surface area (Å²) in [6.45, 7) is 0.778. The second-order valence-electron chi connectivity index (χ2n) is 3.95. The van der Waals surface area contributed by atoms with Crippen molar-refractivity contribution >= 4 is 11.8 Å². The van der Waals surface area contributed by atoms with Gasteiger partial charge in [0.2, 0.25) is 0 Å². The summed E-state index contributed by atoms with van der Waals surface area (Å²) in [5, 5.41) is 10.5. The molecule has 2 atom stereocenters. The Hall–Kier alpha value is -0.150. The molecule has 0 radical (unpaired) electrons. The fourth-order valence-corrected chi connectivity index (χ4v) is 3.30. The largest absolute Gasteiger partial charge is 0.495 e. The molecule has 0 aliphatic carbocycles. The Bertz CT molecular complexity index is 209. The SMILES string of the molecule is OC(C1=CCCCO1)C1CCCCS1. The van der Waals surface area contributed by atoms with Gasteiger partial charge in [0, 0.05) is 5.25 Å². The van der Waals surface area contributed by atoms with Crippen molar-refractivity contribution < 1.29 is 9.84 Å². The third-order valence-electron chi connectivity index (χ3n) is 2.82. The lowest BCUT2D eigenvalue weighted by molar-refractivity contribution is 0.0880. The van der Waals surface area contributed by atoms with Gasteiger partial charge in [-0.1, -0.05) is 6.42 Å². The Labute approximate surface area is 89.7 Å². The van der Waals surface area contributed by atoms with E-state index in [0.29, 0.717) is 5.25 Å². The molecule has 0 spiro atoms. The van der Waals surface area contributed by atoms with E-state index < -0.39 is 0 Å². The molecule has 0 aromatic carbocycles. The molecule has 1 N–H and O–H groups in total. The molecule has 2 aliphatic rings. The van der Waals surface area contributed by atoms with Gasteiger partial charge in [0.25, 0.3) is 0 Å². The fourth-order valence-electron chi connectivity index (χ4n) is 1.98. The molecule has 0 bridgehead atoms. The third kappa shape index (κ3) is 2.45. The van der Waals surface area contributed by atoms with Gasteiger partial charge in [-0.2, -0.15) is 11.8 Å². The average molecular weight is 214 g/mol. The molecule has 3 heteroatoms. The Morgan fingerprint density at radius 3 is 3.00 bits per heavy atom. The van der Waals surface area contributed by atoms with Gasteiger partial charge in [0.05, 0.1) is 6.61 Å². The van der Waals surface area contributed by atoms with Crippen LogP contribution in [0.15, 0.2) is 11.8 Å². The van der Waals surface area contributed by atoms with Crippen LogP contribution in [0.3, 0.4) is 0 Å². The maximum absolute atomic E-state index is 10.1. The van der Waals surface area contributed by atoms with Crippen LogP contribution in [0, 0.1) is 0 Å². The van der Waals surface area contributed by atoms with E-state index in [4.69, 9.17) is 4.74 Å². The summed E-state index contributed by atoms with van der Waals surface area (Å²) in [6.07, 6.45) is 7.53. The Kier molecular flexibility index (Phi) is 3.76. The molecule has 2 rings (SSSR count). The molecule has 1 fully saturated rings. The average Bonchev–Trinajstić information content (AvgIpc) is 2.30. The van der Waals surface area contributed by atoms with Crippen LogP contribution in [0.1, 0.15) is 32.1 Å². The summed E-state index contributed by atoms with van der Waals surface area (Å²) >= 11 is 1.89. The van der Waals surface area contributed by atoms with Gasteiger partial charge >= 0.3 is 0 Å².